The van der Waals surface area contributed by atoms with Crippen molar-refractivity contribution >= 4 is 5.82 Å². The molecule has 0 aliphatic carbocycles. The molecular weight excluding hydrogens is 188 g/mol. The summed E-state index contributed by atoms with van der Waals surface area (Å²) in [6.07, 6.45) is 8.68. The van der Waals surface area contributed by atoms with Crippen molar-refractivity contribution in [1.29, 1.82) is 0 Å². The lowest BCUT2D eigenvalue weighted by Crippen LogP contribution is -2.03. The monoisotopic (exact) mass is 200 g/mol. The minimum absolute atomic E-state index is 0.743. The average Bonchev–Trinajstić information content (AvgIpc) is 2.29. The summed E-state index contributed by atoms with van der Waals surface area (Å²) in [7, 11) is 0. The number of aromatic nitrogens is 3. The van der Waals surface area contributed by atoms with Crippen molar-refractivity contribution in [2.24, 2.45) is 0 Å². The Morgan fingerprint density at radius 2 is 2.00 bits per heavy atom. The van der Waals surface area contributed by atoms with Crippen LogP contribution in [0.5, 0.6) is 0 Å². The number of nitrogens with zero attached hydrogens (tertiary/aromatic N) is 3. The molecule has 0 saturated heterocycles. The van der Waals surface area contributed by atoms with E-state index in [4.69, 9.17) is 0 Å². The molecule has 2 aromatic rings. The predicted octanol–water partition coefficient (Wildman–Crippen LogP) is 1.79. The Morgan fingerprint density at radius 3 is 2.73 bits per heavy atom. The van der Waals surface area contributed by atoms with Gasteiger partial charge in [0.15, 0.2) is 0 Å². The molecule has 0 saturated carbocycles. The summed E-state index contributed by atoms with van der Waals surface area (Å²) in [4.78, 5) is 12.2. The average molecular weight is 200 g/mol. The third-order valence-corrected chi connectivity index (χ3v) is 2.16. The molecule has 2 aromatic heterocycles. The number of pyridine rings is 1. The zero-order valence-corrected chi connectivity index (χ0v) is 8.51. The SMILES string of the molecule is Cc1cnccc1CNc1cnccn1. The van der Waals surface area contributed by atoms with Gasteiger partial charge in [-0.3, -0.25) is 9.97 Å². The van der Waals surface area contributed by atoms with E-state index in [2.05, 4.69) is 20.3 Å². The van der Waals surface area contributed by atoms with Crippen molar-refractivity contribution in [3.63, 3.8) is 0 Å². The van der Waals surface area contributed by atoms with Crippen LogP contribution in [-0.2, 0) is 6.54 Å². The number of anilines is 1. The normalized spacial score (nSPS) is 9.93. The lowest BCUT2D eigenvalue weighted by atomic mass is 10.1. The summed E-state index contributed by atoms with van der Waals surface area (Å²) in [5.74, 6) is 0.786. The first kappa shape index (κ1) is 9.58. The zero-order chi connectivity index (χ0) is 10.5. The fraction of sp³-hybridized carbons (Fsp3) is 0.182. The first-order chi connectivity index (χ1) is 7.36. The van der Waals surface area contributed by atoms with Crippen molar-refractivity contribution in [3.05, 3.63) is 48.2 Å². The van der Waals surface area contributed by atoms with Crippen LogP contribution in [0.3, 0.4) is 0 Å². The van der Waals surface area contributed by atoms with Crippen molar-refractivity contribution in [1.82, 2.24) is 15.0 Å². The molecular formula is C11H12N4. The third-order valence-electron chi connectivity index (χ3n) is 2.16. The molecule has 2 rings (SSSR count). The van der Waals surface area contributed by atoms with Crippen LogP contribution in [0.1, 0.15) is 11.1 Å². The zero-order valence-electron chi connectivity index (χ0n) is 8.51. The van der Waals surface area contributed by atoms with Crippen LogP contribution in [0.15, 0.2) is 37.1 Å². The Balaban J connectivity index is 2.03. The van der Waals surface area contributed by atoms with Gasteiger partial charge < -0.3 is 5.32 Å². The second kappa shape index (κ2) is 4.50. The van der Waals surface area contributed by atoms with Crippen LogP contribution < -0.4 is 5.32 Å². The maximum absolute atomic E-state index is 4.13. The summed E-state index contributed by atoms with van der Waals surface area (Å²) < 4.78 is 0. The van der Waals surface area contributed by atoms with Gasteiger partial charge in [-0.2, -0.15) is 0 Å². The van der Waals surface area contributed by atoms with E-state index >= 15 is 0 Å². The summed E-state index contributed by atoms with van der Waals surface area (Å²) in [5, 5.41) is 3.20. The first-order valence-corrected chi connectivity index (χ1v) is 4.75. The molecule has 0 atom stereocenters. The molecule has 76 valence electrons. The van der Waals surface area contributed by atoms with E-state index in [0.29, 0.717) is 0 Å². The van der Waals surface area contributed by atoms with E-state index in [1.165, 1.54) is 11.1 Å². The number of nitrogens with one attached hydrogen (secondary N) is 1. The number of hydrogen-bond acceptors (Lipinski definition) is 4. The Bertz CT molecular complexity index is 428. The molecule has 0 bridgehead atoms. The van der Waals surface area contributed by atoms with Crippen molar-refractivity contribution in [3.8, 4) is 0 Å². The fourth-order valence-electron chi connectivity index (χ4n) is 1.28. The summed E-state index contributed by atoms with van der Waals surface area (Å²) in [5.41, 5.74) is 2.39. The van der Waals surface area contributed by atoms with E-state index in [0.717, 1.165) is 12.4 Å². The molecule has 0 radical (unpaired) electrons. The quantitative estimate of drug-likeness (QED) is 0.820. The van der Waals surface area contributed by atoms with Crippen molar-refractivity contribution in [2.45, 2.75) is 13.5 Å². The van der Waals surface area contributed by atoms with Gasteiger partial charge in [-0.05, 0) is 24.1 Å². The van der Waals surface area contributed by atoms with Gasteiger partial charge >= 0.3 is 0 Å². The topological polar surface area (TPSA) is 50.7 Å². The molecule has 4 nitrogen and oxygen atoms in total. The molecule has 4 heteroatoms. The smallest absolute Gasteiger partial charge is 0.144 e. The molecule has 0 amide bonds. The van der Waals surface area contributed by atoms with Gasteiger partial charge in [0, 0.05) is 31.3 Å². The molecule has 0 unspecified atom stereocenters. The van der Waals surface area contributed by atoms with Gasteiger partial charge in [0.1, 0.15) is 5.82 Å². The van der Waals surface area contributed by atoms with Crippen LogP contribution >= 0.6 is 0 Å². The maximum atomic E-state index is 4.13. The Labute approximate surface area is 88.4 Å². The summed E-state index contributed by atoms with van der Waals surface area (Å²) in [6.45, 7) is 2.79. The molecule has 0 aliphatic rings. The number of rotatable bonds is 3. The van der Waals surface area contributed by atoms with E-state index in [9.17, 15) is 0 Å². The Kier molecular flexibility index (Phi) is 2.88. The van der Waals surface area contributed by atoms with Crippen LogP contribution in [0, 0.1) is 6.92 Å². The third kappa shape index (κ3) is 2.49. The van der Waals surface area contributed by atoms with Gasteiger partial charge in [-0.25, -0.2) is 4.98 Å². The van der Waals surface area contributed by atoms with Gasteiger partial charge in [-0.1, -0.05) is 0 Å². The van der Waals surface area contributed by atoms with Crippen molar-refractivity contribution in [2.75, 3.05) is 5.32 Å². The van der Waals surface area contributed by atoms with Crippen LogP contribution in [0.4, 0.5) is 5.82 Å². The second-order valence-electron chi connectivity index (χ2n) is 3.25. The summed E-state index contributed by atoms with van der Waals surface area (Å²) >= 11 is 0. The molecule has 15 heavy (non-hydrogen) atoms. The van der Waals surface area contributed by atoms with E-state index in [1.54, 1.807) is 24.8 Å². The van der Waals surface area contributed by atoms with Gasteiger partial charge in [0.2, 0.25) is 0 Å². The molecule has 0 fully saturated rings. The number of aryl methyl sites for hydroxylation is 1. The predicted molar refractivity (Wildman–Crippen MR) is 58.3 cm³/mol. The molecule has 2 heterocycles. The van der Waals surface area contributed by atoms with Gasteiger partial charge in [0.25, 0.3) is 0 Å². The molecule has 1 N–H and O–H groups in total. The molecule has 0 aromatic carbocycles. The first-order valence-electron chi connectivity index (χ1n) is 4.75. The molecule has 0 spiro atoms. The molecule has 0 aliphatic heterocycles. The van der Waals surface area contributed by atoms with Crippen LogP contribution in [-0.4, -0.2) is 15.0 Å². The summed E-state index contributed by atoms with van der Waals surface area (Å²) in [6, 6.07) is 2.00. The highest BCUT2D eigenvalue weighted by atomic mass is 15.0. The van der Waals surface area contributed by atoms with E-state index in [1.807, 2.05) is 19.2 Å². The van der Waals surface area contributed by atoms with E-state index in [-0.39, 0.29) is 0 Å². The minimum atomic E-state index is 0.743. The fourth-order valence-corrected chi connectivity index (χ4v) is 1.28. The Morgan fingerprint density at radius 1 is 1.13 bits per heavy atom. The lowest BCUT2D eigenvalue weighted by molar-refractivity contribution is 1.06. The largest absolute Gasteiger partial charge is 0.365 e. The number of hydrogen-bond donors (Lipinski definition) is 1. The van der Waals surface area contributed by atoms with Crippen LogP contribution in [0.2, 0.25) is 0 Å². The highest BCUT2D eigenvalue weighted by Crippen LogP contribution is 2.07. The lowest BCUT2D eigenvalue weighted by Gasteiger charge is -2.06. The van der Waals surface area contributed by atoms with Gasteiger partial charge in [-0.15, -0.1) is 0 Å². The Hall–Kier alpha value is -1.97. The highest BCUT2D eigenvalue weighted by molar-refractivity contribution is 5.33. The second-order valence-corrected chi connectivity index (χ2v) is 3.25. The van der Waals surface area contributed by atoms with E-state index < -0.39 is 0 Å². The van der Waals surface area contributed by atoms with Gasteiger partial charge in [0.05, 0.1) is 6.20 Å². The minimum Gasteiger partial charge on any atom is -0.365 e. The van der Waals surface area contributed by atoms with Crippen molar-refractivity contribution < 1.29 is 0 Å². The highest BCUT2D eigenvalue weighted by Gasteiger charge is 1.97. The van der Waals surface area contributed by atoms with Crippen LogP contribution in [0.25, 0.3) is 0 Å². The standard InChI is InChI=1S/C11H12N4/c1-9-6-12-3-2-10(9)7-15-11-8-13-4-5-14-11/h2-6,8H,7H2,1H3,(H,14,15). The maximum Gasteiger partial charge on any atom is 0.144 e.